The van der Waals surface area contributed by atoms with Crippen LogP contribution in [0.15, 0.2) is 78.4 Å². The molecular formula is C21H14N4O3S. The summed E-state index contributed by atoms with van der Waals surface area (Å²) in [6.45, 7) is 0. The third-order valence-corrected chi connectivity index (χ3v) is 5.06. The van der Waals surface area contributed by atoms with Crippen molar-refractivity contribution in [1.82, 2.24) is 9.97 Å². The van der Waals surface area contributed by atoms with Crippen molar-refractivity contribution in [1.29, 1.82) is 0 Å². The maximum atomic E-state index is 12.4. The Morgan fingerprint density at radius 1 is 1.03 bits per heavy atom. The summed E-state index contributed by atoms with van der Waals surface area (Å²) in [5.41, 5.74) is 3.52. The molecule has 0 aliphatic rings. The minimum Gasteiger partial charge on any atom is -0.322 e. The molecule has 0 aliphatic heterocycles. The molecule has 142 valence electrons. The second kappa shape index (κ2) is 7.99. The van der Waals surface area contributed by atoms with Crippen LogP contribution < -0.4 is 5.32 Å². The largest absolute Gasteiger partial charge is 0.322 e. The van der Waals surface area contributed by atoms with Gasteiger partial charge in [-0.1, -0.05) is 12.1 Å². The van der Waals surface area contributed by atoms with E-state index in [1.807, 2.05) is 35.7 Å². The molecule has 4 rings (SSSR count). The van der Waals surface area contributed by atoms with Gasteiger partial charge in [0.1, 0.15) is 5.01 Å². The van der Waals surface area contributed by atoms with Crippen molar-refractivity contribution < 1.29 is 9.72 Å². The maximum absolute atomic E-state index is 12.4. The first-order valence-corrected chi connectivity index (χ1v) is 9.50. The summed E-state index contributed by atoms with van der Waals surface area (Å²) >= 11 is 1.52. The zero-order chi connectivity index (χ0) is 20.2. The van der Waals surface area contributed by atoms with E-state index in [4.69, 9.17) is 0 Å². The number of non-ortho nitro benzene ring substituents is 1. The lowest BCUT2D eigenvalue weighted by atomic mass is 10.1. The molecule has 0 saturated heterocycles. The van der Waals surface area contributed by atoms with Crippen molar-refractivity contribution in [3.8, 4) is 21.8 Å². The molecular weight excluding hydrogens is 388 g/mol. The first-order chi connectivity index (χ1) is 14.1. The molecule has 2 heterocycles. The van der Waals surface area contributed by atoms with Crippen LogP contribution in [-0.2, 0) is 0 Å². The standard InChI is InChI=1S/C21H14N4O3S/c26-20(14-6-8-18(9-7-14)25(27)28)23-17-5-1-3-15(11-17)19-13-29-21(24-19)16-4-2-10-22-12-16/h1-13H,(H,23,26). The van der Waals surface area contributed by atoms with Gasteiger partial charge in [-0.15, -0.1) is 11.3 Å². The summed E-state index contributed by atoms with van der Waals surface area (Å²) in [6, 6.07) is 16.7. The van der Waals surface area contributed by atoms with Crippen LogP contribution in [0.1, 0.15) is 10.4 Å². The Balaban J connectivity index is 1.52. The Hall–Kier alpha value is -3.91. The van der Waals surface area contributed by atoms with Crippen LogP contribution in [0.5, 0.6) is 0 Å². The van der Waals surface area contributed by atoms with Gasteiger partial charge >= 0.3 is 0 Å². The molecule has 2 aromatic carbocycles. The van der Waals surface area contributed by atoms with Crippen LogP contribution in [0, 0.1) is 10.1 Å². The van der Waals surface area contributed by atoms with Crippen molar-refractivity contribution in [2.24, 2.45) is 0 Å². The highest BCUT2D eigenvalue weighted by Crippen LogP contribution is 2.29. The van der Waals surface area contributed by atoms with Gasteiger partial charge in [0, 0.05) is 52.3 Å². The number of rotatable bonds is 5. The third-order valence-electron chi connectivity index (χ3n) is 4.17. The Labute approximate surface area is 169 Å². The number of nitrogens with zero attached hydrogens (tertiary/aromatic N) is 3. The summed E-state index contributed by atoms with van der Waals surface area (Å²) in [5, 5.41) is 16.4. The summed E-state index contributed by atoms with van der Waals surface area (Å²) < 4.78 is 0. The van der Waals surface area contributed by atoms with Gasteiger partial charge in [0.25, 0.3) is 11.6 Å². The second-order valence-electron chi connectivity index (χ2n) is 6.12. The molecule has 0 spiro atoms. The molecule has 0 saturated carbocycles. The Morgan fingerprint density at radius 2 is 1.83 bits per heavy atom. The predicted molar refractivity (Wildman–Crippen MR) is 112 cm³/mol. The number of carbonyl (C=O) groups excluding carboxylic acids is 1. The van der Waals surface area contributed by atoms with Gasteiger partial charge in [-0.3, -0.25) is 19.9 Å². The molecule has 0 fully saturated rings. The van der Waals surface area contributed by atoms with Crippen molar-refractivity contribution >= 4 is 28.6 Å². The van der Waals surface area contributed by atoms with Gasteiger partial charge in [0.15, 0.2) is 0 Å². The average Bonchev–Trinajstić information content (AvgIpc) is 3.25. The molecule has 29 heavy (non-hydrogen) atoms. The normalized spacial score (nSPS) is 10.5. The monoisotopic (exact) mass is 402 g/mol. The highest BCUT2D eigenvalue weighted by molar-refractivity contribution is 7.13. The van der Waals surface area contributed by atoms with E-state index in [9.17, 15) is 14.9 Å². The fourth-order valence-corrected chi connectivity index (χ4v) is 3.54. The summed E-state index contributed by atoms with van der Waals surface area (Å²) in [7, 11) is 0. The Morgan fingerprint density at radius 3 is 2.55 bits per heavy atom. The van der Waals surface area contributed by atoms with Gasteiger partial charge in [-0.2, -0.15) is 0 Å². The zero-order valence-corrected chi connectivity index (χ0v) is 15.8. The number of amides is 1. The smallest absolute Gasteiger partial charge is 0.269 e. The molecule has 1 N–H and O–H groups in total. The molecule has 0 radical (unpaired) electrons. The fraction of sp³-hybridized carbons (Fsp3) is 0. The number of hydrogen-bond acceptors (Lipinski definition) is 6. The van der Waals surface area contributed by atoms with E-state index in [2.05, 4.69) is 15.3 Å². The van der Waals surface area contributed by atoms with Crippen LogP contribution in [0.3, 0.4) is 0 Å². The first kappa shape index (κ1) is 18.5. The fourth-order valence-electron chi connectivity index (χ4n) is 2.72. The van der Waals surface area contributed by atoms with E-state index in [0.29, 0.717) is 11.3 Å². The number of carbonyl (C=O) groups is 1. The number of anilines is 1. The van der Waals surface area contributed by atoms with Gasteiger partial charge in [-0.05, 0) is 36.4 Å². The van der Waals surface area contributed by atoms with Crippen molar-refractivity contribution in [2.75, 3.05) is 5.32 Å². The first-order valence-electron chi connectivity index (χ1n) is 8.62. The van der Waals surface area contributed by atoms with Gasteiger partial charge in [0.05, 0.1) is 10.6 Å². The molecule has 0 atom stereocenters. The van der Waals surface area contributed by atoms with Crippen molar-refractivity contribution in [2.45, 2.75) is 0 Å². The van der Waals surface area contributed by atoms with Crippen LogP contribution in [0.25, 0.3) is 21.8 Å². The zero-order valence-electron chi connectivity index (χ0n) is 15.0. The van der Waals surface area contributed by atoms with E-state index in [1.54, 1.807) is 18.5 Å². The lowest BCUT2D eigenvalue weighted by Crippen LogP contribution is -2.11. The minimum absolute atomic E-state index is 0.0588. The van der Waals surface area contributed by atoms with E-state index in [-0.39, 0.29) is 11.6 Å². The summed E-state index contributed by atoms with van der Waals surface area (Å²) in [6.07, 6.45) is 3.48. The predicted octanol–water partition coefficient (Wildman–Crippen LogP) is 5.03. The topological polar surface area (TPSA) is 98.0 Å². The Bertz CT molecular complexity index is 1170. The van der Waals surface area contributed by atoms with Crippen LogP contribution in [0.2, 0.25) is 0 Å². The van der Waals surface area contributed by atoms with Gasteiger partial charge in [-0.25, -0.2) is 4.98 Å². The molecule has 7 nitrogen and oxygen atoms in total. The number of nitro groups is 1. The number of thiazole rings is 1. The summed E-state index contributed by atoms with van der Waals surface area (Å²) in [5.74, 6) is -0.341. The quantitative estimate of drug-likeness (QED) is 0.373. The number of aromatic nitrogens is 2. The van der Waals surface area contributed by atoms with Gasteiger partial charge in [0.2, 0.25) is 0 Å². The van der Waals surface area contributed by atoms with E-state index in [0.717, 1.165) is 21.8 Å². The number of pyridine rings is 1. The van der Waals surface area contributed by atoms with Crippen LogP contribution in [-0.4, -0.2) is 20.8 Å². The van der Waals surface area contributed by atoms with Crippen LogP contribution >= 0.6 is 11.3 Å². The number of benzene rings is 2. The molecule has 2 aromatic heterocycles. The molecule has 1 amide bonds. The van der Waals surface area contributed by atoms with Gasteiger partial charge < -0.3 is 5.32 Å². The molecule has 8 heteroatoms. The molecule has 4 aromatic rings. The number of hydrogen-bond donors (Lipinski definition) is 1. The third kappa shape index (κ3) is 4.17. The molecule has 0 bridgehead atoms. The number of nitro benzene ring substituents is 1. The van der Waals surface area contributed by atoms with E-state index in [1.165, 1.54) is 35.6 Å². The lowest BCUT2D eigenvalue weighted by molar-refractivity contribution is -0.384. The minimum atomic E-state index is -0.501. The highest BCUT2D eigenvalue weighted by atomic mass is 32.1. The Kier molecular flexibility index (Phi) is 5.08. The van der Waals surface area contributed by atoms with Crippen molar-refractivity contribution in [3.63, 3.8) is 0 Å². The lowest BCUT2D eigenvalue weighted by Gasteiger charge is -2.07. The van der Waals surface area contributed by atoms with E-state index < -0.39 is 4.92 Å². The maximum Gasteiger partial charge on any atom is 0.269 e. The average molecular weight is 402 g/mol. The van der Waals surface area contributed by atoms with Crippen LogP contribution in [0.4, 0.5) is 11.4 Å². The van der Waals surface area contributed by atoms with Crippen molar-refractivity contribution in [3.05, 3.63) is 94.1 Å². The highest BCUT2D eigenvalue weighted by Gasteiger charge is 2.11. The second-order valence-corrected chi connectivity index (χ2v) is 6.98. The molecule has 0 unspecified atom stereocenters. The summed E-state index contributed by atoms with van der Waals surface area (Å²) in [4.78, 5) is 31.4. The SMILES string of the molecule is O=C(Nc1cccc(-c2csc(-c3cccnc3)n2)c1)c1ccc([N+](=O)[O-])cc1. The number of nitrogens with one attached hydrogen (secondary N) is 1. The molecule has 0 aliphatic carbocycles. The van der Waals surface area contributed by atoms with E-state index >= 15 is 0 Å².